The fourth-order valence-corrected chi connectivity index (χ4v) is 5.04. The van der Waals surface area contributed by atoms with Crippen LogP contribution in [-0.2, 0) is 16.1 Å². The lowest BCUT2D eigenvalue weighted by atomic mass is 9.96. The van der Waals surface area contributed by atoms with E-state index in [1.54, 1.807) is 11.3 Å². The van der Waals surface area contributed by atoms with E-state index in [1.807, 2.05) is 25.1 Å². The molecule has 0 bridgehead atoms. The highest BCUT2D eigenvalue weighted by Gasteiger charge is 2.26. The molecule has 2 N–H and O–H groups in total. The fourth-order valence-electron chi connectivity index (χ4n) is 3.53. The van der Waals surface area contributed by atoms with Gasteiger partial charge in [-0.1, -0.05) is 11.3 Å². The van der Waals surface area contributed by atoms with Crippen molar-refractivity contribution < 1.29 is 9.59 Å². The van der Waals surface area contributed by atoms with Gasteiger partial charge in [0.25, 0.3) is 0 Å². The van der Waals surface area contributed by atoms with Gasteiger partial charge in [0, 0.05) is 30.5 Å². The van der Waals surface area contributed by atoms with Crippen molar-refractivity contribution in [2.24, 2.45) is 5.92 Å². The van der Waals surface area contributed by atoms with Crippen LogP contribution in [-0.4, -0.2) is 39.8 Å². The van der Waals surface area contributed by atoms with Crippen LogP contribution in [0, 0.1) is 12.8 Å². The van der Waals surface area contributed by atoms with E-state index in [9.17, 15) is 9.59 Å². The number of rotatable bonds is 5. The Morgan fingerprint density at radius 3 is 2.69 bits per heavy atom. The zero-order valence-corrected chi connectivity index (χ0v) is 18.0. The Hall–Kier alpha value is -2.36. The van der Waals surface area contributed by atoms with Crippen molar-refractivity contribution in [2.45, 2.75) is 33.2 Å². The molecule has 0 spiro atoms. The lowest BCUT2D eigenvalue weighted by Gasteiger charge is -2.30. The minimum absolute atomic E-state index is 0.00497. The second-order valence-electron chi connectivity index (χ2n) is 7.28. The van der Waals surface area contributed by atoms with Gasteiger partial charge in [0.15, 0.2) is 5.13 Å². The molecule has 0 saturated carbocycles. The molecule has 0 atom stereocenters. The molecule has 3 heterocycles. The van der Waals surface area contributed by atoms with Crippen LogP contribution in [0.5, 0.6) is 0 Å². The number of anilines is 2. The Morgan fingerprint density at radius 2 is 2.00 bits per heavy atom. The average molecular weight is 430 g/mol. The monoisotopic (exact) mass is 429 g/mol. The SMILES string of the molecule is CC(=O)Nc1ccc2nc(NC(=O)C3CCN(Cc4csc(C)n4)CC3)sc2c1. The Bertz CT molecular complexity index is 1040. The number of fused-ring (bicyclic) bond motifs is 1. The summed E-state index contributed by atoms with van der Waals surface area (Å²) in [6.45, 7) is 6.15. The Labute approximate surface area is 177 Å². The molecule has 1 fully saturated rings. The molecule has 1 aromatic carbocycles. The minimum Gasteiger partial charge on any atom is -0.326 e. The molecule has 4 rings (SSSR count). The third-order valence-electron chi connectivity index (χ3n) is 4.95. The van der Waals surface area contributed by atoms with Crippen LogP contribution >= 0.6 is 22.7 Å². The molecule has 7 nitrogen and oxygen atoms in total. The van der Waals surface area contributed by atoms with Gasteiger partial charge in [-0.05, 0) is 51.1 Å². The molecular weight excluding hydrogens is 406 g/mol. The normalized spacial score (nSPS) is 15.5. The number of thiazole rings is 2. The lowest BCUT2D eigenvalue weighted by molar-refractivity contribution is -0.121. The van der Waals surface area contributed by atoms with Crippen LogP contribution in [0.2, 0.25) is 0 Å². The number of aryl methyl sites for hydroxylation is 1. The van der Waals surface area contributed by atoms with Crippen molar-refractivity contribution in [3.8, 4) is 0 Å². The van der Waals surface area contributed by atoms with E-state index in [-0.39, 0.29) is 17.7 Å². The van der Waals surface area contributed by atoms with Gasteiger partial charge in [0.2, 0.25) is 11.8 Å². The summed E-state index contributed by atoms with van der Waals surface area (Å²) >= 11 is 3.10. The van der Waals surface area contributed by atoms with Gasteiger partial charge in [-0.2, -0.15) is 0 Å². The summed E-state index contributed by atoms with van der Waals surface area (Å²) in [5, 5.41) is 9.55. The predicted octanol–water partition coefficient (Wildman–Crippen LogP) is 3.87. The first-order chi connectivity index (χ1) is 14.0. The number of carbonyl (C=O) groups is 2. The quantitative estimate of drug-likeness (QED) is 0.643. The number of hydrogen-bond donors (Lipinski definition) is 2. The van der Waals surface area contributed by atoms with Crippen molar-refractivity contribution >= 4 is 55.5 Å². The van der Waals surface area contributed by atoms with Crippen LogP contribution < -0.4 is 10.6 Å². The summed E-state index contributed by atoms with van der Waals surface area (Å²) in [6, 6.07) is 5.54. The number of hydrogen-bond acceptors (Lipinski definition) is 7. The maximum absolute atomic E-state index is 12.7. The van der Waals surface area contributed by atoms with E-state index >= 15 is 0 Å². The highest BCUT2D eigenvalue weighted by atomic mass is 32.1. The topological polar surface area (TPSA) is 87.2 Å². The number of piperidine rings is 1. The van der Waals surface area contributed by atoms with Gasteiger partial charge in [-0.3, -0.25) is 14.5 Å². The highest BCUT2D eigenvalue weighted by Crippen LogP contribution is 2.29. The van der Waals surface area contributed by atoms with Crippen molar-refractivity contribution in [1.29, 1.82) is 0 Å². The molecule has 1 aliphatic rings. The summed E-state index contributed by atoms with van der Waals surface area (Å²) in [4.78, 5) is 35.3. The molecular formula is C20H23N5O2S2. The summed E-state index contributed by atoms with van der Waals surface area (Å²) in [7, 11) is 0. The molecule has 9 heteroatoms. The average Bonchev–Trinajstić information content (AvgIpc) is 3.26. The second kappa shape index (κ2) is 8.56. The predicted molar refractivity (Wildman–Crippen MR) is 117 cm³/mol. The molecule has 0 radical (unpaired) electrons. The van der Waals surface area contributed by atoms with E-state index < -0.39 is 0 Å². The van der Waals surface area contributed by atoms with E-state index in [0.717, 1.165) is 59.1 Å². The fraction of sp³-hybridized carbons (Fsp3) is 0.400. The first kappa shape index (κ1) is 19.9. The summed E-state index contributed by atoms with van der Waals surface area (Å²) < 4.78 is 0.930. The van der Waals surface area contributed by atoms with Crippen molar-refractivity contribution in [2.75, 3.05) is 23.7 Å². The van der Waals surface area contributed by atoms with E-state index in [2.05, 4.69) is 30.9 Å². The van der Waals surface area contributed by atoms with Crippen LogP contribution in [0.15, 0.2) is 23.6 Å². The van der Waals surface area contributed by atoms with Gasteiger partial charge >= 0.3 is 0 Å². The Morgan fingerprint density at radius 1 is 1.21 bits per heavy atom. The number of carbonyl (C=O) groups excluding carboxylic acids is 2. The number of benzene rings is 1. The first-order valence-electron chi connectivity index (χ1n) is 9.58. The molecule has 29 heavy (non-hydrogen) atoms. The molecule has 152 valence electrons. The van der Waals surface area contributed by atoms with Gasteiger partial charge < -0.3 is 10.6 Å². The standard InChI is InChI=1S/C20H23N5O2S2/c1-12(26)21-15-3-4-17-18(9-15)29-20(23-17)24-19(27)14-5-7-25(8-6-14)10-16-11-28-13(2)22-16/h3-4,9,11,14H,5-8,10H2,1-2H3,(H,21,26)(H,23,24,27). The van der Waals surface area contributed by atoms with E-state index in [4.69, 9.17) is 0 Å². The molecule has 0 unspecified atom stereocenters. The zero-order valence-electron chi connectivity index (χ0n) is 16.4. The van der Waals surface area contributed by atoms with E-state index in [0.29, 0.717) is 5.13 Å². The highest BCUT2D eigenvalue weighted by molar-refractivity contribution is 7.22. The second-order valence-corrected chi connectivity index (χ2v) is 9.37. The number of nitrogens with zero attached hydrogens (tertiary/aromatic N) is 3. The molecule has 0 aliphatic carbocycles. The lowest BCUT2D eigenvalue weighted by Crippen LogP contribution is -2.37. The third-order valence-corrected chi connectivity index (χ3v) is 6.71. The maximum atomic E-state index is 12.7. The Kier molecular flexibility index (Phi) is 5.89. The van der Waals surface area contributed by atoms with Crippen LogP contribution in [0.4, 0.5) is 10.8 Å². The Balaban J connectivity index is 1.33. The summed E-state index contributed by atoms with van der Waals surface area (Å²) in [5.41, 5.74) is 2.66. The van der Waals surface area contributed by atoms with Gasteiger partial charge in [0.1, 0.15) is 0 Å². The number of nitrogens with one attached hydrogen (secondary N) is 2. The van der Waals surface area contributed by atoms with Crippen molar-refractivity contribution in [3.05, 3.63) is 34.3 Å². The zero-order chi connectivity index (χ0) is 20.4. The maximum Gasteiger partial charge on any atom is 0.229 e. The van der Waals surface area contributed by atoms with Gasteiger partial charge in [0.05, 0.1) is 20.9 Å². The third kappa shape index (κ3) is 4.98. The molecule has 2 aromatic heterocycles. The molecule has 3 aromatic rings. The minimum atomic E-state index is -0.112. The van der Waals surface area contributed by atoms with Crippen LogP contribution in [0.3, 0.4) is 0 Å². The van der Waals surface area contributed by atoms with E-state index in [1.165, 1.54) is 18.3 Å². The first-order valence-corrected chi connectivity index (χ1v) is 11.3. The summed E-state index contributed by atoms with van der Waals surface area (Å²) in [6.07, 6.45) is 1.68. The summed E-state index contributed by atoms with van der Waals surface area (Å²) in [5.74, 6) is -0.0701. The van der Waals surface area contributed by atoms with Crippen molar-refractivity contribution in [1.82, 2.24) is 14.9 Å². The van der Waals surface area contributed by atoms with Crippen LogP contribution in [0.1, 0.15) is 30.5 Å². The number of amides is 2. The van der Waals surface area contributed by atoms with Crippen molar-refractivity contribution in [3.63, 3.8) is 0 Å². The smallest absolute Gasteiger partial charge is 0.229 e. The number of aromatic nitrogens is 2. The largest absolute Gasteiger partial charge is 0.326 e. The molecule has 1 saturated heterocycles. The van der Waals surface area contributed by atoms with Gasteiger partial charge in [-0.25, -0.2) is 9.97 Å². The number of likely N-dealkylation sites (tertiary alicyclic amines) is 1. The van der Waals surface area contributed by atoms with Gasteiger partial charge in [-0.15, -0.1) is 11.3 Å². The molecule has 1 aliphatic heterocycles. The van der Waals surface area contributed by atoms with Crippen LogP contribution in [0.25, 0.3) is 10.2 Å². The molecule has 2 amide bonds.